The van der Waals surface area contributed by atoms with Crippen molar-refractivity contribution in [2.75, 3.05) is 0 Å². The summed E-state index contributed by atoms with van der Waals surface area (Å²) in [5.74, 6) is 0.263. The molecule has 17 heavy (non-hydrogen) atoms. The maximum absolute atomic E-state index is 5.98. The van der Waals surface area contributed by atoms with Crippen molar-refractivity contribution in [3.63, 3.8) is 0 Å². The minimum atomic E-state index is 0. The lowest BCUT2D eigenvalue weighted by atomic mass is 9.94. The number of aromatic nitrogens is 1. The Labute approximate surface area is 111 Å². The molecule has 0 spiro atoms. The minimum Gasteiger partial charge on any atom is -0.344 e. The van der Waals surface area contributed by atoms with Crippen molar-refractivity contribution in [3.8, 4) is 0 Å². The van der Waals surface area contributed by atoms with Gasteiger partial charge in [-0.2, -0.15) is 0 Å². The van der Waals surface area contributed by atoms with Crippen molar-refractivity contribution in [3.05, 3.63) is 63.9 Å². The highest BCUT2D eigenvalue weighted by Gasteiger charge is 2.09. The van der Waals surface area contributed by atoms with Crippen molar-refractivity contribution in [2.24, 2.45) is 0 Å². The van der Waals surface area contributed by atoms with Crippen molar-refractivity contribution in [1.82, 2.24) is 11.1 Å². The lowest BCUT2D eigenvalue weighted by molar-refractivity contribution is 0.917. The lowest BCUT2D eigenvalue weighted by Crippen LogP contribution is -1.96. The summed E-state index contributed by atoms with van der Waals surface area (Å²) < 4.78 is 0. The largest absolute Gasteiger partial charge is 0.344 e. The van der Waals surface area contributed by atoms with E-state index in [0.29, 0.717) is 10.0 Å². The summed E-state index contributed by atoms with van der Waals surface area (Å²) in [5.41, 5.74) is 2.32. The molecule has 0 aliphatic rings. The molecule has 0 aliphatic heterocycles. The Morgan fingerprint density at radius 2 is 1.47 bits per heavy atom. The maximum Gasteiger partial charge on any atom is 0.0423 e. The molecule has 4 heteroatoms. The van der Waals surface area contributed by atoms with Crippen LogP contribution in [0.3, 0.4) is 0 Å². The number of halogens is 2. The summed E-state index contributed by atoms with van der Waals surface area (Å²) in [6, 6.07) is 9.63. The summed E-state index contributed by atoms with van der Waals surface area (Å²) in [7, 11) is 0. The molecule has 0 bridgehead atoms. The smallest absolute Gasteiger partial charge is 0.0423 e. The molecular weight excluding hydrogens is 255 g/mol. The van der Waals surface area contributed by atoms with Gasteiger partial charge in [0, 0.05) is 28.4 Å². The second-order valence-corrected chi connectivity index (χ2v) is 4.58. The average Bonchev–Trinajstić information content (AvgIpc) is 2.28. The molecule has 1 heterocycles. The van der Waals surface area contributed by atoms with E-state index in [1.165, 1.54) is 5.56 Å². The van der Waals surface area contributed by atoms with Crippen LogP contribution >= 0.6 is 23.2 Å². The molecule has 0 amide bonds. The van der Waals surface area contributed by atoms with Gasteiger partial charge in [0.2, 0.25) is 0 Å². The molecule has 0 saturated heterocycles. The van der Waals surface area contributed by atoms with E-state index in [2.05, 4.69) is 11.9 Å². The summed E-state index contributed by atoms with van der Waals surface area (Å²) in [4.78, 5) is 4.00. The van der Waals surface area contributed by atoms with Crippen molar-refractivity contribution >= 4 is 23.2 Å². The van der Waals surface area contributed by atoms with Gasteiger partial charge in [0.15, 0.2) is 0 Å². The zero-order valence-electron chi connectivity index (χ0n) is 9.53. The third kappa shape index (κ3) is 3.43. The van der Waals surface area contributed by atoms with E-state index in [0.717, 1.165) is 5.56 Å². The Kier molecular flexibility index (Phi) is 4.94. The number of hydrogen-bond donors (Lipinski definition) is 1. The van der Waals surface area contributed by atoms with Crippen LogP contribution in [0.15, 0.2) is 42.7 Å². The highest BCUT2D eigenvalue weighted by atomic mass is 35.5. The highest BCUT2D eigenvalue weighted by molar-refractivity contribution is 6.34. The molecule has 90 valence electrons. The topological polar surface area (TPSA) is 47.9 Å². The van der Waals surface area contributed by atoms with E-state index in [1.54, 1.807) is 18.5 Å². The summed E-state index contributed by atoms with van der Waals surface area (Å²) in [5, 5.41) is 1.34. The van der Waals surface area contributed by atoms with Crippen molar-refractivity contribution < 1.29 is 0 Å². The first-order valence-corrected chi connectivity index (χ1v) is 5.78. The van der Waals surface area contributed by atoms with E-state index in [1.807, 2.05) is 24.3 Å². The molecule has 3 N–H and O–H groups in total. The van der Waals surface area contributed by atoms with Gasteiger partial charge in [-0.3, -0.25) is 4.98 Å². The van der Waals surface area contributed by atoms with Crippen molar-refractivity contribution in [2.45, 2.75) is 12.8 Å². The molecule has 0 saturated carbocycles. The van der Waals surface area contributed by atoms with E-state index >= 15 is 0 Å². The van der Waals surface area contributed by atoms with Crippen LogP contribution in [0.5, 0.6) is 0 Å². The molecule has 0 fully saturated rings. The van der Waals surface area contributed by atoms with Gasteiger partial charge in [0.25, 0.3) is 0 Å². The van der Waals surface area contributed by atoms with Gasteiger partial charge in [0.05, 0.1) is 0 Å². The van der Waals surface area contributed by atoms with E-state index < -0.39 is 0 Å². The standard InChI is InChI=1S/C13H11Cl2N.H3N/c1-9(10-2-4-16-5-3-10)11-6-12(14)8-13(15)7-11;/h2-9H,1H3;1H3. The first-order valence-electron chi connectivity index (χ1n) is 5.03. The highest BCUT2D eigenvalue weighted by Crippen LogP contribution is 2.28. The summed E-state index contributed by atoms with van der Waals surface area (Å²) in [6.07, 6.45) is 3.58. The van der Waals surface area contributed by atoms with Crippen molar-refractivity contribution in [1.29, 1.82) is 0 Å². The summed E-state index contributed by atoms with van der Waals surface area (Å²) >= 11 is 12.0. The van der Waals surface area contributed by atoms with Crippen LogP contribution in [0.4, 0.5) is 0 Å². The van der Waals surface area contributed by atoms with Crippen LogP contribution in [0.1, 0.15) is 24.0 Å². The summed E-state index contributed by atoms with van der Waals surface area (Å²) in [6.45, 7) is 2.12. The molecule has 0 aliphatic carbocycles. The zero-order valence-corrected chi connectivity index (χ0v) is 11.0. The fourth-order valence-electron chi connectivity index (χ4n) is 1.67. The van der Waals surface area contributed by atoms with Crippen LogP contribution in [0, 0.1) is 0 Å². The average molecular weight is 269 g/mol. The normalized spacial score (nSPS) is 11.7. The lowest BCUT2D eigenvalue weighted by Gasteiger charge is -2.12. The Hall–Kier alpha value is -1.09. The Morgan fingerprint density at radius 3 is 2.00 bits per heavy atom. The van der Waals surface area contributed by atoms with Crippen LogP contribution in [-0.4, -0.2) is 4.98 Å². The third-order valence-electron chi connectivity index (χ3n) is 2.59. The van der Waals surface area contributed by atoms with Crippen LogP contribution < -0.4 is 6.15 Å². The van der Waals surface area contributed by atoms with E-state index in [4.69, 9.17) is 23.2 Å². The van der Waals surface area contributed by atoms with Gasteiger partial charge in [-0.05, 0) is 41.5 Å². The third-order valence-corrected chi connectivity index (χ3v) is 3.03. The fraction of sp³-hybridized carbons (Fsp3) is 0.154. The second kappa shape index (κ2) is 6.01. The Bertz CT molecular complexity index is 466. The second-order valence-electron chi connectivity index (χ2n) is 3.71. The zero-order chi connectivity index (χ0) is 11.5. The predicted molar refractivity (Wildman–Crippen MR) is 73.2 cm³/mol. The number of nitrogens with zero attached hydrogens (tertiary/aromatic N) is 1. The number of pyridine rings is 1. The van der Waals surface area contributed by atoms with E-state index in [9.17, 15) is 0 Å². The molecule has 2 nitrogen and oxygen atoms in total. The molecule has 0 radical (unpaired) electrons. The number of hydrogen-bond acceptors (Lipinski definition) is 2. The van der Waals surface area contributed by atoms with Gasteiger partial charge >= 0.3 is 0 Å². The monoisotopic (exact) mass is 268 g/mol. The van der Waals surface area contributed by atoms with E-state index in [-0.39, 0.29) is 12.1 Å². The molecule has 1 aromatic heterocycles. The van der Waals surface area contributed by atoms with Gasteiger partial charge in [-0.25, -0.2) is 0 Å². The SMILES string of the molecule is CC(c1ccncc1)c1cc(Cl)cc(Cl)c1.N. The minimum absolute atomic E-state index is 0. The molecular formula is C13H14Cl2N2. The Balaban J connectivity index is 0.00000144. The molecule has 2 rings (SSSR count). The molecule has 1 unspecified atom stereocenters. The fourth-order valence-corrected chi connectivity index (χ4v) is 2.21. The van der Waals surface area contributed by atoms with Gasteiger partial charge in [-0.1, -0.05) is 30.1 Å². The molecule has 1 atom stereocenters. The molecule has 2 aromatic rings. The van der Waals surface area contributed by atoms with Crippen LogP contribution in [0.2, 0.25) is 10.0 Å². The predicted octanol–water partition coefficient (Wildman–Crippen LogP) is 4.70. The van der Waals surface area contributed by atoms with Gasteiger partial charge in [0.1, 0.15) is 0 Å². The van der Waals surface area contributed by atoms with Gasteiger partial charge < -0.3 is 6.15 Å². The van der Waals surface area contributed by atoms with Crippen LogP contribution in [-0.2, 0) is 0 Å². The first kappa shape index (κ1) is 14.0. The molecule has 1 aromatic carbocycles. The number of benzene rings is 1. The van der Waals surface area contributed by atoms with Crippen LogP contribution in [0.25, 0.3) is 0 Å². The quantitative estimate of drug-likeness (QED) is 0.858. The first-order chi connectivity index (χ1) is 7.66. The van der Waals surface area contributed by atoms with Gasteiger partial charge in [-0.15, -0.1) is 0 Å². The maximum atomic E-state index is 5.98. The Morgan fingerprint density at radius 1 is 0.941 bits per heavy atom. The number of rotatable bonds is 2.